The van der Waals surface area contributed by atoms with Gasteiger partial charge in [-0.05, 0) is 74.9 Å². The maximum atomic E-state index is 15.2. The first-order valence-electron chi connectivity index (χ1n) is 11.9. The molecule has 0 radical (unpaired) electrons. The second-order valence-corrected chi connectivity index (χ2v) is 15.6. The Balaban J connectivity index is 2.05. The van der Waals surface area contributed by atoms with Crippen molar-refractivity contribution in [1.82, 2.24) is 0 Å². The number of rotatable bonds is 10. The van der Waals surface area contributed by atoms with E-state index >= 15 is 8.78 Å². The smallest absolute Gasteiger partial charge is 0.251 e. The highest BCUT2D eigenvalue weighted by Crippen LogP contribution is 2.57. The van der Waals surface area contributed by atoms with E-state index in [4.69, 9.17) is 4.43 Å². The van der Waals surface area contributed by atoms with Gasteiger partial charge in [0.1, 0.15) is 5.78 Å². The van der Waals surface area contributed by atoms with Crippen LogP contribution in [0.15, 0.2) is 0 Å². The zero-order valence-corrected chi connectivity index (χ0v) is 20.9. The van der Waals surface area contributed by atoms with Crippen LogP contribution in [0.2, 0.25) is 18.1 Å². The first-order chi connectivity index (χ1) is 13.3. The largest absolute Gasteiger partial charge is 0.412 e. The van der Waals surface area contributed by atoms with E-state index in [9.17, 15) is 4.79 Å². The van der Waals surface area contributed by atoms with Crippen molar-refractivity contribution >= 4 is 14.1 Å². The number of carbonyl (C=O) groups is 1. The standard InChI is InChI=1S/C24H44F2O2Si/c1-8-29(9-2,10-3)28-22(5,6)17-24(25,26)16-18(4)19-13-14-20-21(27)12-11-15-23(19,20)7/h18-20H,8-17H2,1-7H3/t18?,19-,20+,23-/m1/s1. The molecule has 2 fully saturated rings. The third-order valence-electron chi connectivity index (χ3n) is 8.35. The van der Waals surface area contributed by atoms with Crippen molar-refractivity contribution in [2.45, 2.75) is 123 Å². The average molecular weight is 431 g/mol. The van der Waals surface area contributed by atoms with Crippen molar-refractivity contribution < 1.29 is 18.0 Å². The maximum Gasteiger partial charge on any atom is 0.251 e. The van der Waals surface area contributed by atoms with Gasteiger partial charge in [0.25, 0.3) is 5.92 Å². The van der Waals surface area contributed by atoms with E-state index in [1.54, 1.807) is 0 Å². The highest BCUT2D eigenvalue weighted by molar-refractivity contribution is 6.73. The number of ketones is 1. The molecule has 2 nitrogen and oxygen atoms in total. The summed E-state index contributed by atoms with van der Waals surface area (Å²) in [7, 11) is -1.93. The van der Waals surface area contributed by atoms with E-state index in [0.29, 0.717) is 12.2 Å². The van der Waals surface area contributed by atoms with Gasteiger partial charge in [-0.3, -0.25) is 4.79 Å². The van der Waals surface area contributed by atoms with E-state index < -0.39 is 19.8 Å². The second kappa shape index (κ2) is 9.06. The fraction of sp³-hybridized carbons (Fsp3) is 0.958. The molecule has 0 aromatic heterocycles. The number of carbonyl (C=O) groups excluding carboxylic acids is 1. The van der Waals surface area contributed by atoms with Gasteiger partial charge in [0.2, 0.25) is 0 Å². The highest BCUT2D eigenvalue weighted by Gasteiger charge is 2.54. The zero-order chi connectivity index (χ0) is 22.1. The molecule has 0 heterocycles. The van der Waals surface area contributed by atoms with Gasteiger partial charge in [0, 0.05) is 25.2 Å². The summed E-state index contributed by atoms with van der Waals surface area (Å²) < 4.78 is 36.9. The molecule has 0 spiro atoms. The van der Waals surface area contributed by atoms with Crippen LogP contribution in [0.25, 0.3) is 0 Å². The van der Waals surface area contributed by atoms with Gasteiger partial charge in [0.15, 0.2) is 8.32 Å². The Morgan fingerprint density at radius 3 is 2.31 bits per heavy atom. The van der Waals surface area contributed by atoms with Crippen LogP contribution in [0.1, 0.15) is 93.4 Å². The summed E-state index contributed by atoms with van der Waals surface area (Å²) in [5.41, 5.74) is -0.883. The van der Waals surface area contributed by atoms with Crippen LogP contribution >= 0.6 is 0 Å². The highest BCUT2D eigenvalue weighted by atomic mass is 28.4. The molecule has 1 unspecified atom stereocenters. The molecule has 0 N–H and O–H groups in total. The molecule has 0 aliphatic heterocycles. The summed E-state index contributed by atoms with van der Waals surface area (Å²) in [6.45, 7) is 14.3. The summed E-state index contributed by atoms with van der Waals surface area (Å²) in [6, 6.07) is 2.92. The molecule has 4 atom stereocenters. The first kappa shape index (κ1) is 25.0. The molecule has 0 saturated heterocycles. The molecule has 2 saturated carbocycles. The summed E-state index contributed by atoms with van der Waals surface area (Å²) >= 11 is 0. The predicted molar refractivity (Wildman–Crippen MR) is 119 cm³/mol. The summed E-state index contributed by atoms with van der Waals surface area (Å²) in [5, 5.41) is 0. The summed E-state index contributed by atoms with van der Waals surface area (Å²) in [4.78, 5) is 12.4. The Hall–Kier alpha value is -0.293. The quantitative estimate of drug-likeness (QED) is 0.333. The molecule has 0 aromatic carbocycles. The van der Waals surface area contributed by atoms with Gasteiger partial charge < -0.3 is 4.43 Å². The van der Waals surface area contributed by atoms with Crippen molar-refractivity contribution in [2.75, 3.05) is 0 Å². The number of alkyl halides is 2. The molecule has 2 aliphatic carbocycles. The van der Waals surface area contributed by atoms with E-state index in [-0.39, 0.29) is 36.0 Å². The maximum absolute atomic E-state index is 15.2. The second-order valence-electron chi connectivity index (χ2n) is 10.9. The minimum Gasteiger partial charge on any atom is -0.412 e. The number of halogens is 2. The van der Waals surface area contributed by atoms with Gasteiger partial charge in [-0.2, -0.15) is 0 Å². The van der Waals surface area contributed by atoms with Crippen LogP contribution in [-0.2, 0) is 9.22 Å². The number of hydrogen-bond donors (Lipinski definition) is 0. The van der Waals surface area contributed by atoms with Crippen LogP contribution in [0.5, 0.6) is 0 Å². The van der Waals surface area contributed by atoms with Gasteiger partial charge in [0.05, 0.1) is 5.60 Å². The van der Waals surface area contributed by atoms with Crippen molar-refractivity contribution in [3.63, 3.8) is 0 Å². The average Bonchev–Trinajstić information content (AvgIpc) is 2.97. The molecular formula is C24H44F2O2Si. The van der Waals surface area contributed by atoms with Crippen LogP contribution < -0.4 is 0 Å². The first-order valence-corrected chi connectivity index (χ1v) is 14.5. The molecule has 0 bridgehead atoms. The van der Waals surface area contributed by atoms with Gasteiger partial charge in [-0.15, -0.1) is 0 Å². The lowest BCUT2D eigenvalue weighted by Crippen LogP contribution is -2.47. The predicted octanol–water partition coefficient (Wildman–Crippen LogP) is 7.62. The third kappa shape index (κ3) is 5.50. The molecule has 0 amide bonds. The summed E-state index contributed by atoms with van der Waals surface area (Å²) in [5.74, 6) is -2.13. The lowest BCUT2D eigenvalue weighted by molar-refractivity contribution is -0.130. The van der Waals surface area contributed by atoms with Crippen LogP contribution in [0.4, 0.5) is 8.78 Å². The summed E-state index contributed by atoms with van der Waals surface area (Å²) in [6.07, 6.45) is 4.11. The fourth-order valence-corrected chi connectivity index (χ4v) is 9.98. The van der Waals surface area contributed by atoms with Crippen molar-refractivity contribution in [1.29, 1.82) is 0 Å². The minimum absolute atomic E-state index is 0.0766. The number of fused-ring (bicyclic) bond motifs is 1. The third-order valence-corrected chi connectivity index (χ3v) is 13.2. The molecule has 2 rings (SSSR count). The Morgan fingerprint density at radius 2 is 1.76 bits per heavy atom. The van der Waals surface area contributed by atoms with E-state index in [0.717, 1.165) is 43.8 Å². The normalized spacial score (nSPS) is 29.8. The van der Waals surface area contributed by atoms with E-state index in [2.05, 4.69) is 27.7 Å². The Kier molecular flexibility index (Phi) is 7.80. The fourth-order valence-electron chi connectivity index (χ4n) is 6.80. The lowest BCUT2D eigenvalue weighted by atomic mass is 9.61. The number of hydrogen-bond acceptors (Lipinski definition) is 2. The molecular weight excluding hydrogens is 386 g/mol. The van der Waals surface area contributed by atoms with Gasteiger partial charge in [-0.25, -0.2) is 8.78 Å². The van der Waals surface area contributed by atoms with Crippen molar-refractivity contribution in [3.8, 4) is 0 Å². The molecule has 0 aromatic rings. The number of Topliss-reactive ketones (excluding diaryl/α,β-unsaturated/α-hetero) is 1. The molecule has 5 heteroatoms. The van der Waals surface area contributed by atoms with Crippen molar-refractivity contribution in [2.24, 2.45) is 23.2 Å². The SMILES string of the molecule is CC[Si](CC)(CC)OC(C)(C)CC(F)(F)CC(C)[C@H]1CC[C@H]2C(=O)CCC[C@]12C. The van der Waals surface area contributed by atoms with E-state index in [1.165, 1.54) is 0 Å². The molecule has 29 heavy (non-hydrogen) atoms. The van der Waals surface area contributed by atoms with Crippen molar-refractivity contribution in [3.05, 3.63) is 0 Å². The monoisotopic (exact) mass is 430 g/mol. The lowest BCUT2D eigenvalue weighted by Gasteiger charge is -2.43. The topological polar surface area (TPSA) is 26.3 Å². The Bertz CT molecular complexity index is 565. The van der Waals surface area contributed by atoms with Crippen LogP contribution in [-0.4, -0.2) is 25.6 Å². The molecule has 170 valence electrons. The van der Waals surface area contributed by atoms with E-state index in [1.807, 2.05) is 20.8 Å². The van der Waals surface area contributed by atoms with Crippen LogP contribution in [0.3, 0.4) is 0 Å². The minimum atomic E-state index is -2.74. The Morgan fingerprint density at radius 1 is 1.17 bits per heavy atom. The van der Waals surface area contributed by atoms with Crippen LogP contribution in [0, 0.1) is 23.2 Å². The zero-order valence-electron chi connectivity index (χ0n) is 19.9. The Labute approximate surface area is 178 Å². The molecule has 2 aliphatic rings. The van der Waals surface area contributed by atoms with Gasteiger partial charge >= 0.3 is 0 Å². The van der Waals surface area contributed by atoms with Gasteiger partial charge in [-0.1, -0.05) is 34.6 Å².